The maximum Gasteiger partial charge on any atom is 0.214 e. The fourth-order valence-electron chi connectivity index (χ4n) is 1.04. The molecule has 0 saturated heterocycles. The molecule has 1 N–H and O–H groups in total. The van der Waals surface area contributed by atoms with Crippen molar-refractivity contribution in [3.8, 4) is 5.88 Å². The van der Waals surface area contributed by atoms with Crippen molar-refractivity contribution in [2.75, 3.05) is 13.2 Å². The molecule has 0 aliphatic rings. The largest absolute Gasteiger partial charge is 0.478 e. The summed E-state index contributed by atoms with van der Waals surface area (Å²) in [6, 6.07) is 5.58. The van der Waals surface area contributed by atoms with Gasteiger partial charge in [0.25, 0.3) is 0 Å². The van der Waals surface area contributed by atoms with Gasteiger partial charge in [-0.1, -0.05) is 6.07 Å². The van der Waals surface area contributed by atoms with Gasteiger partial charge in [0.1, 0.15) is 4.60 Å². The molecule has 0 saturated carbocycles. The van der Waals surface area contributed by atoms with Crippen LogP contribution in [0.25, 0.3) is 0 Å². The number of hydrogen-bond donors (Lipinski definition) is 1. The second-order valence-electron chi connectivity index (χ2n) is 2.93. The van der Waals surface area contributed by atoms with E-state index in [4.69, 9.17) is 9.84 Å². The average Bonchev–Trinajstić information content (AvgIpc) is 2.18. The zero-order valence-corrected chi connectivity index (χ0v) is 9.53. The average molecular weight is 260 g/mol. The van der Waals surface area contributed by atoms with E-state index in [0.29, 0.717) is 12.5 Å². The molecule has 78 valence electrons. The number of hydrogen-bond acceptors (Lipinski definition) is 3. The van der Waals surface area contributed by atoms with E-state index in [1.807, 2.05) is 18.2 Å². The number of pyridine rings is 1. The Balaban J connectivity index is 2.18. The zero-order chi connectivity index (χ0) is 10.2. The molecule has 0 aliphatic heterocycles. The predicted octanol–water partition coefficient (Wildman–Crippen LogP) is 2.39. The third-order valence-corrected chi connectivity index (χ3v) is 2.18. The third-order valence-electron chi connectivity index (χ3n) is 1.74. The Labute approximate surface area is 92.3 Å². The maximum absolute atomic E-state index is 8.56. The molecule has 0 fully saturated rings. The summed E-state index contributed by atoms with van der Waals surface area (Å²) in [7, 11) is 0. The lowest BCUT2D eigenvalue weighted by Gasteiger charge is -2.04. The van der Waals surface area contributed by atoms with Crippen LogP contribution >= 0.6 is 15.9 Å². The minimum Gasteiger partial charge on any atom is -0.478 e. The van der Waals surface area contributed by atoms with Crippen molar-refractivity contribution in [3.63, 3.8) is 0 Å². The van der Waals surface area contributed by atoms with E-state index in [-0.39, 0.29) is 6.61 Å². The van der Waals surface area contributed by atoms with E-state index in [0.717, 1.165) is 23.9 Å². The lowest BCUT2D eigenvalue weighted by Crippen LogP contribution is -1.99. The molecule has 1 rings (SSSR count). The van der Waals surface area contributed by atoms with Gasteiger partial charge in [-0.25, -0.2) is 4.98 Å². The molecule has 1 aromatic rings. The number of ether oxygens (including phenoxy) is 1. The Morgan fingerprint density at radius 3 is 2.86 bits per heavy atom. The van der Waals surface area contributed by atoms with Gasteiger partial charge in [0.15, 0.2) is 0 Å². The van der Waals surface area contributed by atoms with Gasteiger partial charge in [-0.2, -0.15) is 0 Å². The minimum atomic E-state index is 0.259. The number of aromatic nitrogens is 1. The van der Waals surface area contributed by atoms with Crippen molar-refractivity contribution in [2.45, 2.75) is 19.3 Å². The molecule has 0 bridgehead atoms. The molecular formula is C10H14BrNO2. The highest BCUT2D eigenvalue weighted by molar-refractivity contribution is 9.10. The second-order valence-corrected chi connectivity index (χ2v) is 3.74. The van der Waals surface area contributed by atoms with Gasteiger partial charge in [-0.15, -0.1) is 0 Å². The van der Waals surface area contributed by atoms with Crippen LogP contribution in [0.1, 0.15) is 19.3 Å². The molecule has 0 amide bonds. The summed E-state index contributed by atoms with van der Waals surface area (Å²) in [5, 5.41) is 8.56. The van der Waals surface area contributed by atoms with Crippen molar-refractivity contribution < 1.29 is 9.84 Å². The van der Waals surface area contributed by atoms with Crippen LogP contribution in [0.5, 0.6) is 5.88 Å². The first kappa shape index (κ1) is 11.5. The first-order valence-electron chi connectivity index (χ1n) is 4.69. The smallest absolute Gasteiger partial charge is 0.214 e. The number of rotatable bonds is 6. The van der Waals surface area contributed by atoms with E-state index in [9.17, 15) is 0 Å². The lowest BCUT2D eigenvalue weighted by molar-refractivity contribution is 0.262. The molecule has 0 unspecified atom stereocenters. The monoisotopic (exact) mass is 259 g/mol. The molecule has 1 heterocycles. The van der Waals surface area contributed by atoms with Crippen LogP contribution in [0.15, 0.2) is 22.8 Å². The lowest BCUT2D eigenvalue weighted by atomic mass is 10.2. The summed E-state index contributed by atoms with van der Waals surface area (Å²) in [6.45, 7) is 0.915. The van der Waals surface area contributed by atoms with Crippen LogP contribution in [0.2, 0.25) is 0 Å². The molecule has 0 aromatic carbocycles. The Morgan fingerprint density at radius 1 is 1.29 bits per heavy atom. The summed E-state index contributed by atoms with van der Waals surface area (Å²) in [4.78, 5) is 4.14. The van der Waals surface area contributed by atoms with Crippen LogP contribution < -0.4 is 4.74 Å². The quantitative estimate of drug-likeness (QED) is 0.630. The number of aliphatic hydroxyl groups excluding tert-OH is 1. The minimum absolute atomic E-state index is 0.259. The fraction of sp³-hybridized carbons (Fsp3) is 0.500. The molecule has 4 heteroatoms. The normalized spacial score (nSPS) is 10.1. The van der Waals surface area contributed by atoms with Gasteiger partial charge in [0.05, 0.1) is 6.61 Å². The van der Waals surface area contributed by atoms with Gasteiger partial charge in [0, 0.05) is 12.7 Å². The maximum atomic E-state index is 8.56. The van der Waals surface area contributed by atoms with Gasteiger partial charge < -0.3 is 9.84 Å². The molecule has 0 atom stereocenters. The second kappa shape index (κ2) is 6.79. The van der Waals surface area contributed by atoms with Crippen molar-refractivity contribution in [1.29, 1.82) is 0 Å². The Hall–Kier alpha value is -0.610. The number of nitrogens with zero attached hydrogens (tertiary/aromatic N) is 1. The first-order chi connectivity index (χ1) is 6.83. The summed E-state index contributed by atoms with van der Waals surface area (Å²) in [6.07, 6.45) is 2.79. The third kappa shape index (κ3) is 4.58. The van der Waals surface area contributed by atoms with Crippen LogP contribution in [-0.2, 0) is 0 Å². The highest BCUT2D eigenvalue weighted by Crippen LogP contribution is 2.12. The van der Waals surface area contributed by atoms with Gasteiger partial charge in [0.2, 0.25) is 5.88 Å². The van der Waals surface area contributed by atoms with E-state index in [2.05, 4.69) is 20.9 Å². The molecule has 3 nitrogen and oxygen atoms in total. The number of halogens is 1. The highest BCUT2D eigenvalue weighted by atomic mass is 79.9. The molecule has 0 radical (unpaired) electrons. The Morgan fingerprint density at radius 2 is 2.14 bits per heavy atom. The standard InChI is InChI=1S/C10H14BrNO2/c11-9-5-4-6-10(12-9)14-8-3-1-2-7-13/h4-6,13H,1-3,7-8H2. The Bertz CT molecular complexity index is 268. The SMILES string of the molecule is OCCCCCOc1cccc(Br)n1. The zero-order valence-electron chi connectivity index (χ0n) is 7.95. The topological polar surface area (TPSA) is 42.4 Å². The number of aliphatic hydroxyl groups is 1. The van der Waals surface area contributed by atoms with Crippen molar-refractivity contribution in [1.82, 2.24) is 4.98 Å². The van der Waals surface area contributed by atoms with E-state index < -0.39 is 0 Å². The number of unbranched alkanes of at least 4 members (excludes halogenated alkanes) is 2. The van der Waals surface area contributed by atoms with E-state index >= 15 is 0 Å². The molecule has 0 spiro atoms. The van der Waals surface area contributed by atoms with Crippen molar-refractivity contribution in [3.05, 3.63) is 22.8 Å². The Kier molecular flexibility index (Phi) is 5.56. The highest BCUT2D eigenvalue weighted by Gasteiger charge is 1.95. The summed E-state index contributed by atoms with van der Waals surface area (Å²) >= 11 is 3.27. The van der Waals surface area contributed by atoms with Crippen LogP contribution in [0, 0.1) is 0 Å². The van der Waals surface area contributed by atoms with E-state index in [1.165, 1.54) is 0 Å². The molecule has 14 heavy (non-hydrogen) atoms. The summed E-state index contributed by atoms with van der Waals surface area (Å²) in [5.41, 5.74) is 0. The first-order valence-corrected chi connectivity index (χ1v) is 5.48. The van der Waals surface area contributed by atoms with Crippen LogP contribution in [0.4, 0.5) is 0 Å². The van der Waals surface area contributed by atoms with Gasteiger partial charge in [-0.3, -0.25) is 0 Å². The summed E-state index contributed by atoms with van der Waals surface area (Å²) in [5.74, 6) is 0.642. The van der Waals surface area contributed by atoms with Crippen molar-refractivity contribution in [2.24, 2.45) is 0 Å². The predicted molar refractivity (Wildman–Crippen MR) is 58.4 cm³/mol. The van der Waals surface area contributed by atoms with Gasteiger partial charge >= 0.3 is 0 Å². The van der Waals surface area contributed by atoms with Crippen LogP contribution in [0.3, 0.4) is 0 Å². The van der Waals surface area contributed by atoms with E-state index in [1.54, 1.807) is 0 Å². The fourth-order valence-corrected chi connectivity index (χ4v) is 1.36. The van der Waals surface area contributed by atoms with Crippen molar-refractivity contribution >= 4 is 15.9 Å². The van der Waals surface area contributed by atoms with Gasteiger partial charge in [-0.05, 0) is 41.3 Å². The summed E-state index contributed by atoms with van der Waals surface area (Å²) < 4.78 is 6.19. The van der Waals surface area contributed by atoms with Crippen LogP contribution in [-0.4, -0.2) is 23.3 Å². The molecule has 1 aromatic heterocycles. The molecular weight excluding hydrogens is 246 g/mol. The molecule has 0 aliphatic carbocycles.